The second-order valence-corrected chi connectivity index (χ2v) is 5.92. The van der Waals surface area contributed by atoms with Crippen LogP contribution in [0.4, 0.5) is 0 Å². The Morgan fingerprint density at radius 3 is 2.10 bits per heavy atom. The Kier molecular flexibility index (Phi) is 2.63. The Bertz CT molecular complexity index is 687. The van der Waals surface area contributed by atoms with E-state index in [0.29, 0.717) is 0 Å². The fourth-order valence-corrected chi connectivity index (χ4v) is 3.31. The van der Waals surface area contributed by atoms with Crippen molar-refractivity contribution in [1.29, 1.82) is 0 Å². The molecule has 4 rings (SSSR count). The summed E-state index contributed by atoms with van der Waals surface area (Å²) < 4.78 is 0. The molecule has 0 nitrogen and oxygen atoms in total. The molecule has 0 amide bonds. The number of benzene rings is 2. The summed E-state index contributed by atoms with van der Waals surface area (Å²) in [5.41, 5.74) is 7.06. The minimum absolute atomic E-state index is 0.780. The van der Waals surface area contributed by atoms with Crippen LogP contribution in [0.5, 0.6) is 0 Å². The summed E-state index contributed by atoms with van der Waals surface area (Å²) in [7, 11) is 0. The van der Waals surface area contributed by atoms with Gasteiger partial charge in [-0.15, -0.1) is 0 Å². The highest BCUT2D eigenvalue weighted by molar-refractivity contribution is 5.76. The number of hydrogen-bond donors (Lipinski definition) is 0. The zero-order valence-electron chi connectivity index (χ0n) is 11.7. The predicted octanol–water partition coefficient (Wildman–Crippen LogP) is 5.33. The van der Waals surface area contributed by atoms with Gasteiger partial charge in [-0.25, -0.2) is 0 Å². The number of fused-ring (bicyclic) bond motifs is 1. The molecule has 0 heterocycles. The van der Waals surface area contributed by atoms with Gasteiger partial charge in [0.25, 0.3) is 0 Å². The number of rotatable bonds is 2. The topological polar surface area (TPSA) is 0 Å². The van der Waals surface area contributed by atoms with E-state index >= 15 is 0 Å². The summed E-state index contributed by atoms with van der Waals surface area (Å²) in [6.45, 7) is 2.26. The molecule has 1 saturated carbocycles. The van der Waals surface area contributed by atoms with Crippen LogP contribution < -0.4 is 0 Å². The van der Waals surface area contributed by atoms with E-state index in [1.54, 1.807) is 5.57 Å². The molecule has 0 radical (unpaired) electrons. The van der Waals surface area contributed by atoms with Crippen molar-refractivity contribution in [3.8, 4) is 11.1 Å². The summed E-state index contributed by atoms with van der Waals surface area (Å²) in [6.07, 6.45) is 5.96. The molecule has 0 aliphatic heterocycles. The number of hydrogen-bond acceptors (Lipinski definition) is 0. The van der Waals surface area contributed by atoms with Gasteiger partial charge in [0.15, 0.2) is 0 Å². The van der Waals surface area contributed by atoms with Crippen LogP contribution in [0.15, 0.2) is 72.3 Å². The minimum Gasteiger partial charge on any atom is -0.0696 e. The van der Waals surface area contributed by atoms with Crippen LogP contribution in [0, 0.1) is 11.8 Å². The highest BCUT2D eigenvalue weighted by Crippen LogP contribution is 2.54. The first kappa shape index (κ1) is 11.7. The van der Waals surface area contributed by atoms with E-state index in [9.17, 15) is 0 Å². The molecule has 20 heavy (non-hydrogen) atoms. The first-order chi connectivity index (χ1) is 9.83. The molecular formula is C20H18. The Morgan fingerprint density at radius 1 is 0.700 bits per heavy atom. The molecule has 2 aliphatic carbocycles. The zero-order chi connectivity index (χ0) is 13.5. The van der Waals surface area contributed by atoms with Crippen molar-refractivity contribution in [3.05, 3.63) is 77.9 Å². The van der Waals surface area contributed by atoms with Crippen molar-refractivity contribution in [3.63, 3.8) is 0 Å². The molecule has 0 N–H and O–H groups in total. The fourth-order valence-electron chi connectivity index (χ4n) is 3.31. The maximum Gasteiger partial charge on any atom is -0.00843 e. The van der Waals surface area contributed by atoms with Crippen molar-refractivity contribution < 1.29 is 0 Å². The molecule has 1 fully saturated rings. The normalized spacial score (nSPS) is 23.6. The lowest BCUT2D eigenvalue weighted by Gasteiger charge is -2.12. The molecule has 2 aromatic carbocycles. The van der Waals surface area contributed by atoms with E-state index in [1.807, 2.05) is 0 Å². The average molecular weight is 258 g/mol. The van der Waals surface area contributed by atoms with Crippen molar-refractivity contribution in [2.75, 3.05) is 0 Å². The lowest BCUT2D eigenvalue weighted by atomic mass is 9.92. The highest BCUT2D eigenvalue weighted by Gasteiger charge is 2.42. The molecule has 2 aliphatic rings. The van der Waals surface area contributed by atoms with Gasteiger partial charge in [-0.05, 0) is 47.4 Å². The largest absolute Gasteiger partial charge is 0.0696 e. The van der Waals surface area contributed by atoms with Gasteiger partial charge >= 0.3 is 0 Å². The van der Waals surface area contributed by atoms with Crippen molar-refractivity contribution in [1.82, 2.24) is 0 Å². The molecule has 2 aromatic rings. The lowest BCUT2D eigenvalue weighted by molar-refractivity contribution is 0.923. The SMILES string of the molecule is CC1=CC=C(c2ccc(-c3ccccc3)cc2)C2CC12. The van der Waals surface area contributed by atoms with Gasteiger partial charge in [0.1, 0.15) is 0 Å². The van der Waals surface area contributed by atoms with E-state index in [2.05, 4.69) is 73.7 Å². The minimum atomic E-state index is 0.780. The number of allylic oxidation sites excluding steroid dienone is 4. The third kappa shape index (κ3) is 1.92. The first-order valence-corrected chi connectivity index (χ1v) is 7.37. The van der Waals surface area contributed by atoms with E-state index in [-0.39, 0.29) is 0 Å². The zero-order valence-corrected chi connectivity index (χ0v) is 11.7. The fraction of sp³-hybridized carbons (Fsp3) is 0.200. The Morgan fingerprint density at radius 2 is 1.35 bits per heavy atom. The Balaban J connectivity index is 1.66. The van der Waals surface area contributed by atoms with Crippen LogP contribution in [-0.2, 0) is 0 Å². The summed E-state index contributed by atoms with van der Waals surface area (Å²) in [5.74, 6) is 1.60. The standard InChI is InChI=1S/C20H18/c1-14-7-12-18(20-13-19(14)20)17-10-8-16(9-11-17)15-5-3-2-4-6-15/h2-12,19-20H,13H2,1H3. The van der Waals surface area contributed by atoms with Gasteiger partial charge in [0.2, 0.25) is 0 Å². The van der Waals surface area contributed by atoms with Gasteiger partial charge in [-0.3, -0.25) is 0 Å². The molecule has 0 saturated heterocycles. The third-order valence-corrected chi connectivity index (χ3v) is 4.63. The molecular weight excluding hydrogens is 240 g/mol. The molecule has 0 spiro atoms. The Hall–Kier alpha value is -2.08. The smallest absolute Gasteiger partial charge is 0.00843 e. The molecule has 98 valence electrons. The van der Waals surface area contributed by atoms with Crippen LogP contribution in [0.1, 0.15) is 18.9 Å². The summed E-state index contributed by atoms with van der Waals surface area (Å²) >= 11 is 0. The second-order valence-electron chi connectivity index (χ2n) is 5.92. The van der Waals surface area contributed by atoms with E-state index in [1.165, 1.54) is 28.7 Å². The summed E-state index contributed by atoms with van der Waals surface area (Å²) in [5, 5.41) is 0. The molecule has 0 heteroatoms. The van der Waals surface area contributed by atoms with E-state index < -0.39 is 0 Å². The summed E-state index contributed by atoms with van der Waals surface area (Å²) in [6, 6.07) is 19.6. The van der Waals surface area contributed by atoms with Crippen LogP contribution in [0.25, 0.3) is 16.7 Å². The lowest BCUT2D eigenvalue weighted by Crippen LogP contribution is -1.95. The average Bonchev–Trinajstić information content (AvgIpc) is 3.30. The van der Waals surface area contributed by atoms with Gasteiger partial charge in [-0.1, -0.05) is 72.3 Å². The van der Waals surface area contributed by atoms with Gasteiger partial charge in [-0.2, -0.15) is 0 Å². The molecule has 0 aromatic heterocycles. The molecule has 2 atom stereocenters. The van der Waals surface area contributed by atoms with Gasteiger partial charge in [0, 0.05) is 0 Å². The van der Waals surface area contributed by atoms with Gasteiger partial charge in [0.05, 0.1) is 0 Å². The van der Waals surface area contributed by atoms with Crippen LogP contribution in [-0.4, -0.2) is 0 Å². The van der Waals surface area contributed by atoms with Crippen LogP contribution in [0.3, 0.4) is 0 Å². The second kappa shape index (κ2) is 4.49. The Labute approximate surface area is 120 Å². The predicted molar refractivity (Wildman–Crippen MR) is 85.2 cm³/mol. The van der Waals surface area contributed by atoms with Gasteiger partial charge < -0.3 is 0 Å². The van der Waals surface area contributed by atoms with Crippen LogP contribution >= 0.6 is 0 Å². The van der Waals surface area contributed by atoms with E-state index in [0.717, 1.165) is 11.8 Å². The maximum atomic E-state index is 2.32. The monoisotopic (exact) mass is 258 g/mol. The van der Waals surface area contributed by atoms with E-state index in [4.69, 9.17) is 0 Å². The first-order valence-electron chi connectivity index (χ1n) is 7.37. The molecule has 0 bridgehead atoms. The van der Waals surface area contributed by atoms with Crippen molar-refractivity contribution >= 4 is 5.57 Å². The van der Waals surface area contributed by atoms with Crippen molar-refractivity contribution in [2.45, 2.75) is 13.3 Å². The highest BCUT2D eigenvalue weighted by atomic mass is 14.5. The quantitative estimate of drug-likeness (QED) is 0.682. The van der Waals surface area contributed by atoms with Crippen LogP contribution in [0.2, 0.25) is 0 Å². The van der Waals surface area contributed by atoms with Crippen molar-refractivity contribution in [2.24, 2.45) is 11.8 Å². The molecule has 2 unspecified atom stereocenters. The third-order valence-electron chi connectivity index (χ3n) is 4.63. The summed E-state index contributed by atoms with van der Waals surface area (Å²) in [4.78, 5) is 0. The maximum absolute atomic E-state index is 2.32.